The molecule has 4 rings (SSSR count). The molecule has 9 heteroatoms. The number of hydrogen-bond acceptors (Lipinski definition) is 6. The monoisotopic (exact) mass is 469 g/mol. The number of methoxy groups -OCH3 is 1. The van der Waals surface area contributed by atoms with Gasteiger partial charge in [0.2, 0.25) is 5.91 Å². The van der Waals surface area contributed by atoms with E-state index in [9.17, 15) is 14.4 Å². The molecular formula is C25H35N5O4. The van der Waals surface area contributed by atoms with Crippen molar-refractivity contribution in [2.45, 2.75) is 70.9 Å². The number of carbonyl (C=O) groups excluding carboxylic acids is 1. The van der Waals surface area contributed by atoms with E-state index in [2.05, 4.69) is 9.88 Å². The van der Waals surface area contributed by atoms with Crippen molar-refractivity contribution in [1.82, 2.24) is 9.55 Å². The van der Waals surface area contributed by atoms with Crippen LogP contribution in [0.25, 0.3) is 0 Å². The van der Waals surface area contributed by atoms with Gasteiger partial charge in [0.1, 0.15) is 11.6 Å². The van der Waals surface area contributed by atoms with E-state index in [0.717, 1.165) is 74.9 Å². The Morgan fingerprint density at radius 3 is 2.71 bits per heavy atom. The van der Waals surface area contributed by atoms with Gasteiger partial charge in [-0.05, 0) is 55.9 Å². The number of benzene rings is 1. The molecule has 3 N–H and O–H groups in total. The summed E-state index contributed by atoms with van der Waals surface area (Å²) in [7, 11) is 1.65. The Morgan fingerprint density at radius 2 is 2.00 bits per heavy atom. The quantitative estimate of drug-likeness (QED) is 0.614. The third-order valence-electron chi connectivity index (χ3n) is 6.98. The van der Waals surface area contributed by atoms with Crippen LogP contribution in [0.3, 0.4) is 0 Å². The Hall–Kier alpha value is -3.23. The highest BCUT2D eigenvalue weighted by molar-refractivity contribution is 5.99. The predicted octanol–water partition coefficient (Wildman–Crippen LogP) is 2.66. The number of carbonyl (C=O) groups is 1. The third-order valence-corrected chi connectivity index (χ3v) is 6.98. The van der Waals surface area contributed by atoms with Crippen molar-refractivity contribution in [3.05, 3.63) is 44.6 Å². The van der Waals surface area contributed by atoms with Crippen LogP contribution in [0.1, 0.15) is 57.4 Å². The molecule has 1 aliphatic heterocycles. The molecule has 0 saturated heterocycles. The minimum Gasteiger partial charge on any atom is -0.497 e. The third kappa shape index (κ3) is 4.69. The maximum Gasteiger partial charge on any atom is 0.330 e. The van der Waals surface area contributed by atoms with Crippen molar-refractivity contribution in [2.75, 3.05) is 35.7 Å². The van der Waals surface area contributed by atoms with Crippen molar-refractivity contribution in [3.63, 3.8) is 0 Å². The number of unbranched alkanes of at least 4 members (excludes halogenated alkanes) is 1. The first kappa shape index (κ1) is 23.9. The van der Waals surface area contributed by atoms with Gasteiger partial charge in [-0.25, -0.2) is 4.79 Å². The Balaban J connectivity index is 1.70. The molecule has 34 heavy (non-hydrogen) atoms. The second-order valence-electron chi connectivity index (χ2n) is 9.22. The van der Waals surface area contributed by atoms with Gasteiger partial charge in [0.25, 0.3) is 5.56 Å². The number of nitrogens with zero attached hydrogens (tertiary/aromatic N) is 3. The van der Waals surface area contributed by atoms with E-state index >= 15 is 0 Å². The number of nitrogen functional groups attached to an aromatic ring is 1. The van der Waals surface area contributed by atoms with Gasteiger partial charge in [-0.1, -0.05) is 26.2 Å². The molecule has 1 fully saturated rings. The summed E-state index contributed by atoms with van der Waals surface area (Å²) in [6.07, 6.45) is 7.10. The molecule has 0 spiro atoms. The second kappa shape index (κ2) is 10.4. The first-order chi connectivity index (χ1) is 16.4. The van der Waals surface area contributed by atoms with E-state index in [1.165, 1.54) is 4.57 Å². The van der Waals surface area contributed by atoms with Crippen molar-refractivity contribution < 1.29 is 9.53 Å². The van der Waals surface area contributed by atoms with Crippen LogP contribution in [0.4, 0.5) is 17.2 Å². The van der Waals surface area contributed by atoms with Crippen LogP contribution in [0.5, 0.6) is 5.75 Å². The van der Waals surface area contributed by atoms with Crippen LogP contribution < -0.4 is 31.5 Å². The summed E-state index contributed by atoms with van der Waals surface area (Å²) >= 11 is 0. The summed E-state index contributed by atoms with van der Waals surface area (Å²) in [6, 6.07) is 5.82. The highest BCUT2D eigenvalue weighted by atomic mass is 16.5. The number of aromatic amines is 1. The number of nitrogens with two attached hydrogens (primary N) is 1. The molecule has 1 aliphatic carbocycles. The topological polar surface area (TPSA) is 114 Å². The van der Waals surface area contributed by atoms with Crippen molar-refractivity contribution >= 4 is 23.1 Å². The zero-order valence-electron chi connectivity index (χ0n) is 20.1. The molecule has 184 valence electrons. The Kier molecular flexibility index (Phi) is 7.29. The maximum atomic E-state index is 13.8. The van der Waals surface area contributed by atoms with Crippen LogP contribution in [-0.4, -0.2) is 41.7 Å². The minimum absolute atomic E-state index is 0.0752. The lowest BCUT2D eigenvalue weighted by Crippen LogP contribution is -2.49. The summed E-state index contributed by atoms with van der Waals surface area (Å²) in [6.45, 7) is 3.32. The second-order valence-corrected chi connectivity index (χ2v) is 9.22. The number of anilines is 3. The molecule has 0 atom stereocenters. The normalized spacial score (nSPS) is 15.9. The molecule has 0 bridgehead atoms. The highest BCUT2D eigenvalue weighted by Gasteiger charge is 2.34. The molecule has 2 aromatic rings. The number of aromatic nitrogens is 2. The number of nitrogens with one attached hydrogen (secondary N) is 1. The first-order valence-electron chi connectivity index (χ1n) is 12.3. The molecule has 9 nitrogen and oxygen atoms in total. The van der Waals surface area contributed by atoms with Gasteiger partial charge in [0.15, 0.2) is 5.69 Å². The molecule has 0 unspecified atom stereocenters. The Labute approximate surface area is 199 Å². The number of amides is 1. The standard InChI is InChI=1S/C25H35N5O4/c1-3-4-14-29-23(26)22(24(32)27-25(29)33)30(18-9-5-6-10-18)21(31)16-28-13-7-8-17-15-19(34-2)11-12-20(17)28/h11-12,15,18H,3-10,13-14,16,26H2,1-2H3,(H,27,32,33). The molecule has 1 aromatic heterocycles. The summed E-state index contributed by atoms with van der Waals surface area (Å²) in [4.78, 5) is 45.3. The van der Waals surface area contributed by atoms with Crippen molar-refractivity contribution in [3.8, 4) is 5.75 Å². The summed E-state index contributed by atoms with van der Waals surface area (Å²) in [5.74, 6) is 0.702. The molecular weight excluding hydrogens is 434 g/mol. The lowest BCUT2D eigenvalue weighted by Gasteiger charge is -2.35. The largest absolute Gasteiger partial charge is 0.497 e. The van der Waals surface area contributed by atoms with E-state index in [4.69, 9.17) is 10.5 Å². The molecule has 1 amide bonds. The zero-order valence-corrected chi connectivity index (χ0v) is 20.1. The minimum atomic E-state index is -0.598. The van der Waals surface area contributed by atoms with Gasteiger partial charge in [-0.2, -0.15) is 0 Å². The number of fused-ring (bicyclic) bond motifs is 1. The maximum absolute atomic E-state index is 13.8. The van der Waals surface area contributed by atoms with Gasteiger partial charge in [0, 0.05) is 24.8 Å². The van der Waals surface area contributed by atoms with Gasteiger partial charge in [-0.3, -0.25) is 24.0 Å². The Morgan fingerprint density at radius 1 is 1.24 bits per heavy atom. The summed E-state index contributed by atoms with van der Waals surface area (Å²) in [5, 5.41) is 0. The van der Waals surface area contributed by atoms with E-state index in [0.29, 0.717) is 6.54 Å². The fourth-order valence-corrected chi connectivity index (χ4v) is 5.20. The summed E-state index contributed by atoms with van der Waals surface area (Å²) in [5.41, 5.74) is 7.54. The summed E-state index contributed by atoms with van der Waals surface area (Å²) < 4.78 is 6.75. The SMILES string of the molecule is CCCCn1c(N)c(N(C(=O)CN2CCCc3cc(OC)ccc32)C2CCCC2)c(=O)[nH]c1=O. The number of H-pyrrole nitrogens is 1. The van der Waals surface area contributed by atoms with Crippen molar-refractivity contribution in [1.29, 1.82) is 0 Å². The van der Waals surface area contributed by atoms with Gasteiger partial charge >= 0.3 is 5.69 Å². The zero-order chi connectivity index (χ0) is 24.2. The molecule has 1 saturated carbocycles. The van der Waals surface area contributed by atoms with Gasteiger partial charge < -0.3 is 15.4 Å². The Bertz CT molecular complexity index is 1150. The highest BCUT2D eigenvalue weighted by Crippen LogP contribution is 2.33. The average Bonchev–Trinajstić information content (AvgIpc) is 3.35. The van der Waals surface area contributed by atoms with Gasteiger partial charge in [0.05, 0.1) is 13.7 Å². The fourth-order valence-electron chi connectivity index (χ4n) is 5.20. The molecule has 2 heterocycles. The van der Waals surface area contributed by atoms with Crippen LogP contribution in [0.2, 0.25) is 0 Å². The molecule has 2 aliphatic rings. The van der Waals surface area contributed by atoms with E-state index in [1.807, 2.05) is 25.1 Å². The van der Waals surface area contributed by atoms with Crippen LogP contribution >= 0.6 is 0 Å². The number of rotatable bonds is 8. The van der Waals surface area contributed by atoms with Crippen LogP contribution in [0, 0.1) is 0 Å². The lowest BCUT2D eigenvalue weighted by molar-refractivity contribution is -0.117. The average molecular weight is 470 g/mol. The molecule has 1 aromatic carbocycles. The molecule has 0 radical (unpaired) electrons. The number of aryl methyl sites for hydroxylation is 1. The van der Waals surface area contributed by atoms with Crippen LogP contribution in [0.15, 0.2) is 27.8 Å². The number of hydrogen-bond donors (Lipinski definition) is 2. The number of ether oxygens (including phenoxy) is 1. The lowest BCUT2D eigenvalue weighted by atomic mass is 10.0. The van der Waals surface area contributed by atoms with E-state index < -0.39 is 11.2 Å². The van der Waals surface area contributed by atoms with Crippen molar-refractivity contribution in [2.24, 2.45) is 0 Å². The smallest absolute Gasteiger partial charge is 0.330 e. The van der Waals surface area contributed by atoms with Crippen LogP contribution in [-0.2, 0) is 17.8 Å². The van der Waals surface area contributed by atoms with Gasteiger partial charge in [-0.15, -0.1) is 0 Å². The van der Waals surface area contributed by atoms with E-state index in [-0.39, 0.29) is 30.0 Å². The fraction of sp³-hybridized carbons (Fsp3) is 0.560. The predicted molar refractivity (Wildman–Crippen MR) is 134 cm³/mol. The van der Waals surface area contributed by atoms with E-state index in [1.54, 1.807) is 12.0 Å². The first-order valence-corrected chi connectivity index (χ1v) is 12.3.